The highest BCUT2D eigenvalue weighted by Crippen LogP contribution is 2.24. The molecular weight excluding hydrogens is 307 g/mol. The summed E-state index contributed by atoms with van der Waals surface area (Å²) in [6, 6.07) is 9.39. The molecular formula is C16H18ClFN2O2. The van der Waals surface area contributed by atoms with Gasteiger partial charge < -0.3 is 15.1 Å². The van der Waals surface area contributed by atoms with E-state index in [1.165, 1.54) is 12.1 Å². The molecule has 0 aliphatic carbocycles. The van der Waals surface area contributed by atoms with Gasteiger partial charge in [0.05, 0.1) is 0 Å². The summed E-state index contributed by atoms with van der Waals surface area (Å²) in [6.07, 6.45) is 0.938. The molecule has 1 saturated heterocycles. The van der Waals surface area contributed by atoms with E-state index in [2.05, 4.69) is 0 Å². The molecule has 22 heavy (non-hydrogen) atoms. The van der Waals surface area contributed by atoms with Gasteiger partial charge in [-0.25, -0.2) is 4.39 Å². The van der Waals surface area contributed by atoms with E-state index in [0.717, 1.165) is 12.0 Å². The van der Waals surface area contributed by atoms with Crippen LogP contribution >= 0.6 is 12.4 Å². The van der Waals surface area contributed by atoms with Gasteiger partial charge in [0.15, 0.2) is 5.76 Å². The van der Waals surface area contributed by atoms with Crippen LogP contribution < -0.4 is 5.73 Å². The van der Waals surface area contributed by atoms with Gasteiger partial charge in [0.2, 0.25) is 0 Å². The topological polar surface area (TPSA) is 59.5 Å². The number of furan rings is 1. The smallest absolute Gasteiger partial charge is 0.289 e. The average Bonchev–Trinajstić information content (AvgIpc) is 3.16. The third-order valence-electron chi connectivity index (χ3n) is 3.85. The third-order valence-corrected chi connectivity index (χ3v) is 3.85. The van der Waals surface area contributed by atoms with Crippen molar-refractivity contribution in [3.63, 3.8) is 0 Å². The van der Waals surface area contributed by atoms with Gasteiger partial charge in [-0.2, -0.15) is 0 Å². The molecule has 1 aromatic carbocycles. The predicted molar refractivity (Wildman–Crippen MR) is 84.4 cm³/mol. The van der Waals surface area contributed by atoms with Crippen molar-refractivity contribution in [1.82, 2.24) is 4.90 Å². The Kier molecular flexibility index (Phi) is 5.21. The Bertz CT molecular complexity index is 642. The molecule has 1 atom stereocenters. The Morgan fingerprint density at radius 2 is 2.00 bits per heavy atom. The molecule has 0 saturated carbocycles. The van der Waals surface area contributed by atoms with Crippen LogP contribution in [-0.4, -0.2) is 30.4 Å². The fraction of sp³-hybridized carbons (Fsp3) is 0.312. The minimum atomic E-state index is -0.300. The van der Waals surface area contributed by atoms with E-state index >= 15 is 0 Å². The Labute approximate surface area is 134 Å². The summed E-state index contributed by atoms with van der Waals surface area (Å²) in [5, 5.41) is 0. The number of carbonyl (C=O) groups excluding carboxylic acids is 1. The lowest BCUT2D eigenvalue weighted by atomic mass is 10.1. The number of nitrogens with two attached hydrogens (primary N) is 1. The normalized spacial score (nSPS) is 17.4. The van der Waals surface area contributed by atoms with E-state index in [0.29, 0.717) is 37.1 Å². The van der Waals surface area contributed by atoms with E-state index in [4.69, 9.17) is 10.2 Å². The number of hydrogen-bond acceptors (Lipinski definition) is 3. The Morgan fingerprint density at radius 1 is 1.27 bits per heavy atom. The van der Waals surface area contributed by atoms with E-state index in [9.17, 15) is 9.18 Å². The highest BCUT2D eigenvalue weighted by Gasteiger charge is 2.27. The molecule has 1 aromatic heterocycles. The van der Waals surface area contributed by atoms with Crippen LogP contribution in [0.2, 0.25) is 0 Å². The number of likely N-dealkylation sites (tertiary alicyclic amines) is 1. The van der Waals surface area contributed by atoms with Gasteiger partial charge in [0, 0.05) is 18.7 Å². The summed E-state index contributed by atoms with van der Waals surface area (Å²) in [5.74, 6) is 0.839. The highest BCUT2D eigenvalue weighted by atomic mass is 35.5. The van der Waals surface area contributed by atoms with Crippen molar-refractivity contribution in [3.8, 4) is 11.3 Å². The maximum Gasteiger partial charge on any atom is 0.289 e. The summed E-state index contributed by atoms with van der Waals surface area (Å²) in [7, 11) is 0. The van der Waals surface area contributed by atoms with Crippen molar-refractivity contribution in [1.29, 1.82) is 0 Å². The molecule has 1 aliphatic heterocycles. The lowest BCUT2D eigenvalue weighted by Gasteiger charge is -2.14. The molecule has 4 nitrogen and oxygen atoms in total. The van der Waals surface area contributed by atoms with Gasteiger partial charge in [-0.3, -0.25) is 4.79 Å². The van der Waals surface area contributed by atoms with E-state index < -0.39 is 0 Å². The standard InChI is InChI=1S/C16H17FN2O2.ClH/c17-13-3-1-12(2-4-13)14-5-6-15(21-14)16(20)19-8-7-11(9-18)10-19;/h1-6,11H,7-10,18H2;1H. The van der Waals surface area contributed by atoms with E-state index in [1.807, 2.05) is 0 Å². The molecule has 0 spiro atoms. The highest BCUT2D eigenvalue weighted by molar-refractivity contribution is 5.92. The molecule has 0 radical (unpaired) electrons. The zero-order valence-electron chi connectivity index (χ0n) is 12.0. The number of carbonyl (C=O) groups is 1. The summed E-state index contributed by atoms with van der Waals surface area (Å²) in [5.41, 5.74) is 6.38. The van der Waals surface area contributed by atoms with Crippen LogP contribution in [0.4, 0.5) is 4.39 Å². The summed E-state index contributed by atoms with van der Waals surface area (Å²) >= 11 is 0. The zero-order chi connectivity index (χ0) is 14.8. The van der Waals surface area contributed by atoms with E-state index in [1.54, 1.807) is 29.2 Å². The lowest BCUT2D eigenvalue weighted by Crippen LogP contribution is -2.29. The van der Waals surface area contributed by atoms with Crippen molar-refractivity contribution in [2.45, 2.75) is 6.42 Å². The second-order valence-corrected chi connectivity index (χ2v) is 5.31. The summed E-state index contributed by atoms with van der Waals surface area (Å²) in [6.45, 7) is 2.00. The zero-order valence-corrected chi connectivity index (χ0v) is 12.8. The van der Waals surface area contributed by atoms with Crippen LogP contribution in [0, 0.1) is 11.7 Å². The van der Waals surface area contributed by atoms with Crippen molar-refractivity contribution in [2.75, 3.05) is 19.6 Å². The summed E-state index contributed by atoms with van der Waals surface area (Å²) < 4.78 is 18.5. The molecule has 1 unspecified atom stereocenters. The maximum absolute atomic E-state index is 12.9. The van der Waals surface area contributed by atoms with Crippen LogP contribution in [0.3, 0.4) is 0 Å². The quantitative estimate of drug-likeness (QED) is 0.944. The Hall–Kier alpha value is -1.85. The lowest BCUT2D eigenvalue weighted by molar-refractivity contribution is 0.0757. The van der Waals surface area contributed by atoms with Crippen LogP contribution in [0.1, 0.15) is 17.0 Å². The monoisotopic (exact) mass is 324 g/mol. The molecule has 2 heterocycles. The first kappa shape index (κ1) is 16.5. The van der Waals surface area contributed by atoms with Gasteiger partial charge in [0.25, 0.3) is 5.91 Å². The first-order valence-electron chi connectivity index (χ1n) is 7.02. The fourth-order valence-electron chi connectivity index (χ4n) is 2.59. The largest absolute Gasteiger partial charge is 0.451 e. The molecule has 2 N–H and O–H groups in total. The number of amides is 1. The number of nitrogens with zero attached hydrogens (tertiary/aromatic N) is 1. The molecule has 3 rings (SSSR count). The van der Waals surface area contributed by atoms with Crippen molar-refractivity contribution < 1.29 is 13.6 Å². The minimum Gasteiger partial charge on any atom is -0.451 e. The first-order chi connectivity index (χ1) is 10.2. The maximum atomic E-state index is 12.9. The predicted octanol–water partition coefficient (Wildman–Crippen LogP) is 2.93. The van der Waals surface area contributed by atoms with Gasteiger partial charge in [0.1, 0.15) is 11.6 Å². The van der Waals surface area contributed by atoms with Gasteiger partial charge in [-0.1, -0.05) is 0 Å². The average molecular weight is 325 g/mol. The van der Waals surface area contributed by atoms with Crippen LogP contribution in [0.25, 0.3) is 11.3 Å². The molecule has 1 fully saturated rings. The van der Waals surface area contributed by atoms with Crippen molar-refractivity contribution in [2.24, 2.45) is 11.7 Å². The van der Waals surface area contributed by atoms with Gasteiger partial charge in [-0.15, -0.1) is 12.4 Å². The van der Waals surface area contributed by atoms with Gasteiger partial charge in [-0.05, 0) is 55.3 Å². The van der Waals surface area contributed by atoms with Crippen LogP contribution in [0.15, 0.2) is 40.8 Å². The number of halogens is 2. The molecule has 2 aromatic rings. The second kappa shape index (κ2) is 6.94. The van der Waals surface area contributed by atoms with Crippen LogP contribution in [-0.2, 0) is 0 Å². The number of hydrogen-bond donors (Lipinski definition) is 1. The molecule has 1 aliphatic rings. The minimum absolute atomic E-state index is 0. The fourth-order valence-corrected chi connectivity index (χ4v) is 2.59. The molecule has 6 heteroatoms. The SMILES string of the molecule is Cl.NCC1CCN(C(=O)c2ccc(-c3ccc(F)cc3)o2)C1. The Morgan fingerprint density at radius 3 is 2.64 bits per heavy atom. The molecule has 1 amide bonds. The second-order valence-electron chi connectivity index (χ2n) is 5.31. The Balaban J connectivity index is 0.00000176. The van der Waals surface area contributed by atoms with Crippen molar-refractivity contribution >= 4 is 18.3 Å². The van der Waals surface area contributed by atoms with Gasteiger partial charge >= 0.3 is 0 Å². The van der Waals surface area contributed by atoms with E-state index in [-0.39, 0.29) is 24.1 Å². The number of benzene rings is 1. The van der Waals surface area contributed by atoms with Crippen molar-refractivity contribution in [3.05, 3.63) is 48.0 Å². The molecule has 118 valence electrons. The summed E-state index contributed by atoms with van der Waals surface area (Å²) in [4.78, 5) is 14.1. The van der Waals surface area contributed by atoms with Crippen LogP contribution in [0.5, 0.6) is 0 Å². The third kappa shape index (κ3) is 3.31. The molecule has 0 bridgehead atoms. The first-order valence-corrected chi connectivity index (χ1v) is 7.02. The number of rotatable bonds is 3.